The number of hydrogen-bond donors (Lipinski definition) is 0. The number of halogens is 2. The van der Waals surface area contributed by atoms with Gasteiger partial charge in [0.25, 0.3) is 0 Å². The molecule has 2 rings (SSSR count). The maximum Gasteiger partial charge on any atom is 0.348 e. The first-order valence-electron chi connectivity index (χ1n) is 5.80. The van der Waals surface area contributed by atoms with E-state index in [-0.39, 0.29) is 5.57 Å². The number of carbonyl (C=O) groups excluding carboxylic acids is 1. The molecule has 0 saturated heterocycles. The van der Waals surface area contributed by atoms with E-state index < -0.39 is 5.97 Å². The van der Waals surface area contributed by atoms with Crippen LogP contribution in [0.15, 0.2) is 40.3 Å². The maximum absolute atomic E-state index is 11.3. The molecule has 6 heteroatoms. The highest BCUT2D eigenvalue weighted by Gasteiger charge is 2.12. The first-order chi connectivity index (χ1) is 10.0. The Morgan fingerprint density at radius 2 is 2.10 bits per heavy atom. The monoisotopic (exact) mass is 321 g/mol. The number of hydrogen-bond acceptors (Lipinski definition) is 4. The summed E-state index contributed by atoms with van der Waals surface area (Å²) in [7, 11) is 1.20. The molecule has 1 heterocycles. The number of ether oxygens (including phenoxy) is 1. The lowest BCUT2D eigenvalue weighted by Crippen LogP contribution is -2.02. The van der Waals surface area contributed by atoms with Gasteiger partial charge >= 0.3 is 5.97 Å². The summed E-state index contributed by atoms with van der Waals surface area (Å²) in [4.78, 5) is 11.3. The Balaban J connectivity index is 2.39. The highest BCUT2D eigenvalue weighted by atomic mass is 35.5. The third-order valence-electron chi connectivity index (χ3n) is 2.63. The van der Waals surface area contributed by atoms with Crippen LogP contribution in [0.3, 0.4) is 0 Å². The number of methoxy groups -OCH3 is 1. The number of nitriles is 1. The standard InChI is InChI=1S/C15H9Cl2NO3/c1-20-15(19)9(8-18)6-11-3-5-14(21-11)12-7-10(16)2-4-13(12)17/h2-7H,1H3/b9-6+. The lowest BCUT2D eigenvalue weighted by atomic mass is 10.2. The molecule has 1 aromatic carbocycles. The number of rotatable bonds is 3. The molecule has 106 valence electrons. The van der Waals surface area contributed by atoms with Crippen LogP contribution in [0.1, 0.15) is 5.76 Å². The Kier molecular flexibility index (Phi) is 4.69. The molecule has 1 aromatic heterocycles. The van der Waals surface area contributed by atoms with Crippen molar-refractivity contribution in [2.24, 2.45) is 0 Å². The van der Waals surface area contributed by atoms with Gasteiger partial charge in [-0.25, -0.2) is 4.79 Å². The van der Waals surface area contributed by atoms with Crippen molar-refractivity contribution in [1.82, 2.24) is 0 Å². The minimum Gasteiger partial charge on any atom is -0.465 e. The quantitative estimate of drug-likeness (QED) is 0.479. The van der Waals surface area contributed by atoms with Gasteiger partial charge in [0.2, 0.25) is 0 Å². The summed E-state index contributed by atoms with van der Waals surface area (Å²) in [6.07, 6.45) is 1.30. The van der Waals surface area contributed by atoms with E-state index in [1.165, 1.54) is 13.2 Å². The van der Waals surface area contributed by atoms with Gasteiger partial charge in [-0.1, -0.05) is 23.2 Å². The normalized spacial score (nSPS) is 11.0. The van der Waals surface area contributed by atoms with Gasteiger partial charge in [-0.15, -0.1) is 0 Å². The summed E-state index contributed by atoms with van der Waals surface area (Å²) < 4.78 is 10.0. The van der Waals surface area contributed by atoms with Crippen LogP contribution < -0.4 is 0 Å². The van der Waals surface area contributed by atoms with Gasteiger partial charge in [0.05, 0.1) is 12.1 Å². The molecule has 0 amide bonds. The van der Waals surface area contributed by atoms with E-state index in [1.807, 2.05) is 0 Å². The fraction of sp³-hybridized carbons (Fsp3) is 0.0667. The van der Waals surface area contributed by atoms with Crippen molar-refractivity contribution in [3.05, 3.63) is 51.7 Å². The van der Waals surface area contributed by atoms with Crippen molar-refractivity contribution in [2.75, 3.05) is 7.11 Å². The second kappa shape index (κ2) is 6.49. The molecule has 0 aliphatic rings. The van der Waals surface area contributed by atoms with Crippen LogP contribution in [-0.4, -0.2) is 13.1 Å². The number of furan rings is 1. The van der Waals surface area contributed by atoms with Gasteiger partial charge in [-0.2, -0.15) is 5.26 Å². The van der Waals surface area contributed by atoms with E-state index in [0.29, 0.717) is 27.1 Å². The fourth-order valence-electron chi connectivity index (χ4n) is 1.65. The minimum atomic E-state index is -0.726. The van der Waals surface area contributed by atoms with E-state index in [0.717, 1.165) is 0 Å². The highest BCUT2D eigenvalue weighted by molar-refractivity contribution is 6.35. The van der Waals surface area contributed by atoms with Crippen molar-refractivity contribution in [3.8, 4) is 17.4 Å². The summed E-state index contributed by atoms with van der Waals surface area (Å²) in [5.41, 5.74) is 0.469. The van der Waals surface area contributed by atoms with Crippen LogP contribution in [0.2, 0.25) is 10.0 Å². The Bertz CT molecular complexity index is 757. The molecule has 0 saturated carbocycles. The maximum atomic E-state index is 11.3. The van der Waals surface area contributed by atoms with Crippen LogP contribution in [0.25, 0.3) is 17.4 Å². The number of nitrogens with zero attached hydrogens (tertiary/aromatic N) is 1. The first-order valence-corrected chi connectivity index (χ1v) is 6.56. The van der Waals surface area contributed by atoms with Crippen molar-refractivity contribution in [3.63, 3.8) is 0 Å². The third kappa shape index (κ3) is 3.46. The van der Waals surface area contributed by atoms with Gasteiger partial charge in [-0.3, -0.25) is 0 Å². The molecule has 2 aromatic rings. The SMILES string of the molecule is COC(=O)/C(C#N)=C/c1ccc(-c2cc(Cl)ccc2Cl)o1. The van der Waals surface area contributed by atoms with Gasteiger partial charge < -0.3 is 9.15 Å². The molecular weight excluding hydrogens is 313 g/mol. The third-order valence-corrected chi connectivity index (χ3v) is 3.20. The van der Waals surface area contributed by atoms with E-state index in [4.69, 9.17) is 32.9 Å². The van der Waals surface area contributed by atoms with Gasteiger partial charge in [0, 0.05) is 16.7 Å². The van der Waals surface area contributed by atoms with E-state index >= 15 is 0 Å². The van der Waals surface area contributed by atoms with Crippen LogP contribution in [-0.2, 0) is 9.53 Å². The average molecular weight is 322 g/mol. The predicted molar refractivity (Wildman–Crippen MR) is 79.8 cm³/mol. The average Bonchev–Trinajstić information content (AvgIpc) is 2.94. The van der Waals surface area contributed by atoms with E-state index in [9.17, 15) is 4.79 Å². The van der Waals surface area contributed by atoms with Gasteiger partial charge in [0.1, 0.15) is 23.2 Å². The summed E-state index contributed by atoms with van der Waals surface area (Å²) >= 11 is 12.0. The second-order valence-corrected chi connectivity index (χ2v) is 4.83. The molecule has 0 fully saturated rings. The van der Waals surface area contributed by atoms with Crippen molar-refractivity contribution >= 4 is 35.2 Å². The molecule has 0 aliphatic carbocycles. The number of carbonyl (C=O) groups is 1. The molecule has 0 bridgehead atoms. The minimum absolute atomic E-state index is 0.157. The van der Waals surface area contributed by atoms with E-state index in [2.05, 4.69) is 4.74 Å². The van der Waals surface area contributed by atoms with Crippen LogP contribution in [0, 0.1) is 11.3 Å². The largest absolute Gasteiger partial charge is 0.465 e. The second-order valence-electron chi connectivity index (χ2n) is 3.99. The molecule has 0 aliphatic heterocycles. The fourth-order valence-corrected chi connectivity index (χ4v) is 2.03. The number of esters is 1. The molecule has 0 spiro atoms. The lowest BCUT2D eigenvalue weighted by Gasteiger charge is -2.01. The predicted octanol–water partition coefficient (Wildman–Crippen LogP) is 4.33. The highest BCUT2D eigenvalue weighted by Crippen LogP contribution is 2.32. The first kappa shape index (κ1) is 15.2. The Hall–Kier alpha value is -2.22. The summed E-state index contributed by atoms with van der Waals surface area (Å²) in [5, 5.41) is 9.90. The Morgan fingerprint density at radius 1 is 1.33 bits per heavy atom. The topological polar surface area (TPSA) is 63.2 Å². The zero-order valence-corrected chi connectivity index (χ0v) is 12.4. The molecule has 0 N–H and O–H groups in total. The Labute approximate surface area is 131 Å². The van der Waals surface area contributed by atoms with Crippen molar-refractivity contribution < 1.29 is 13.9 Å². The molecule has 0 unspecified atom stereocenters. The summed E-state index contributed by atoms with van der Waals surface area (Å²) in [6, 6.07) is 10.0. The van der Waals surface area contributed by atoms with E-state index in [1.54, 1.807) is 36.4 Å². The van der Waals surface area contributed by atoms with Crippen LogP contribution in [0.4, 0.5) is 0 Å². The summed E-state index contributed by atoms with van der Waals surface area (Å²) in [6.45, 7) is 0. The van der Waals surface area contributed by atoms with Crippen LogP contribution in [0.5, 0.6) is 0 Å². The molecule has 21 heavy (non-hydrogen) atoms. The molecule has 4 nitrogen and oxygen atoms in total. The Morgan fingerprint density at radius 3 is 2.76 bits per heavy atom. The summed E-state index contributed by atoms with van der Waals surface area (Å²) in [5.74, 6) is 0.0927. The van der Waals surface area contributed by atoms with Crippen molar-refractivity contribution in [1.29, 1.82) is 5.26 Å². The zero-order chi connectivity index (χ0) is 15.4. The van der Waals surface area contributed by atoms with Crippen LogP contribution >= 0.6 is 23.2 Å². The van der Waals surface area contributed by atoms with Gasteiger partial charge in [0.15, 0.2) is 0 Å². The molecular formula is C15H9Cl2NO3. The lowest BCUT2D eigenvalue weighted by molar-refractivity contribution is -0.135. The molecule has 0 radical (unpaired) electrons. The van der Waals surface area contributed by atoms with Gasteiger partial charge in [-0.05, 0) is 30.3 Å². The molecule has 0 atom stereocenters. The zero-order valence-electron chi connectivity index (χ0n) is 10.9. The number of benzene rings is 1. The van der Waals surface area contributed by atoms with Crippen molar-refractivity contribution in [2.45, 2.75) is 0 Å². The smallest absolute Gasteiger partial charge is 0.348 e.